The van der Waals surface area contributed by atoms with Gasteiger partial charge < -0.3 is 14.3 Å². The molecule has 4 heterocycles. The number of carbonyl (C=O) groups excluding carboxylic acids is 4. The van der Waals surface area contributed by atoms with Crippen LogP contribution in [0.5, 0.6) is 11.5 Å². The molecular formula is C46H32Cl2F3N5O7. The quantitative estimate of drug-likeness (QED) is 0.117. The number of phenolic OH excluding ortho intramolecular Hbond substituents is 1. The fourth-order valence-electron chi connectivity index (χ4n) is 10.0. The van der Waals surface area contributed by atoms with Gasteiger partial charge >= 0.3 is 6.18 Å². The zero-order valence-electron chi connectivity index (χ0n) is 32.8. The lowest BCUT2D eigenvalue weighted by atomic mass is 9.49. The SMILES string of the molecule is COc1ccc(O)c(C2C3=CCC4C(=O)N(c5ccc(-c6nc7ccccc7o6)cc5)C(=O)C4C3CC3C(=O)N(Nc4ncc(C(F)(F)F)cc4Cl)C(=O)C32c2ccc(Cl)cc2)c1. The first-order valence-corrected chi connectivity index (χ1v) is 20.5. The van der Waals surface area contributed by atoms with Crippen LogP contribution in [0.25, 0.3) is 22.6 Å². The van der Waals surface area contributed by atoms with Crippen LogP contribution in [-0.2, 0) is 30.8 Å². The second kappa shape index (κ2) is 14.7. The van der Waals surface area contributed by atoms with E-state index in [0.717, 1.165) is 4.90 Å². The van der Waals surface area contributed by atoms with E-state index in [1.54, 1.807) is 60.7 Å². The molecule has 0 spiro atoms. The van der Waals surface area contributed by atoms with Crippen LogP contribution in [0, 0.1) is 23.7 Å². The Kier molecular flexibility index (Phi) is 9.42. The summed E-state index contributed by atoms with van der Waals surface area (Å²) in [6, 6.07) is 25.4. The maximum atomic E-state index is 15.5. The molecule has 6 unspecified atom stereocenters. The summed E-state index contributed by atoms with van der Waals surface area (Å²) in [4.78, 5) is 69.2. The molecule has 2 aliphatic heterocycles. The number of oxazole rings is 1. The maximum absolute atomic E-state index is 15.5. The van der Waals surface area contributed by atoms with Crippen LogP contribution in [0.1, 0.15) is 35.4 Å². The number of halogens is 5. The fourth-order valence-corrected chi connectivity index (χ4v) is 10.4. The highest BCUT2D eigenvalue weighted by molar-refractivity contribution is 6.33. The van der Waals surface area contributed by atoms with Gasteiger partial charge in [0.05, 0.1) is 46.6 Å². The van der Waals surface area contributed by atoms with Gasteiger partial charge in [-0.1, -0.05) is 59.1 Å². The summed E-state index contributed by atoms with van der Waals surface area (Å²) in [5.41, 5.74) is 2.86. The lowest BCUT2D eigenvalue weighted by Gasteiger charge is -2.50. The second-order valence-corrected chi connectivity index (χ2v) is 16.7. The van der Waals surface area contributed by atoms with Crippen molar-refractivity contribution in [3.8, 4) is 23.0 Å². The first kappa shape index (κ1) is 40.4. The third kappa shape index (κ3) is 6.19. The summed E-state index contributed by atoms with van der Waals surface area (Å²) >= 11 is 12.7. The van der Waals surface area contributed by atoms with Crippen LogP contribution in [0.15, 0.2) is 119 Å². The van der Waals surface area contributed by atoms with Gasteiger partial charge in [0.1, 0.15) is 17.0 Å². The highest BCUT2D eigenvalue weighted by Gasteiger charge is 2.71. The first-order chi connectivity index (χ1) is 30.2. The molecule has 4 aliphatic rings. The number of para-hydroxylation sites is 2. The number of hydrogen-bond donors (Lipinski definition) is 2. The van der Waals surface area contributed by atoms with Crippen LogP contribution in [0.4, 0.5) is 24.7 Å². The molecule has 4 amide bonds. The number of aromatic hydroxyl groups is 1. The Bertz CT molecular complexity index is 2910. The largest absolute Gasteiger partial charge is 0.508 e. The molecule has 6 aromatic rings. The van der Waals surface area contributed by atoms with Crippen LogP contribution < -0.4 is 15.1 Å². The smallest absolute Gasteiger partial charge is 0.417 e. The minimum Gasteiger partial charge on any atom is -0.508 e. The van der Waals surface area contributed by atoms with E-state index < -0.39 is 81.2 Å². The van der Waals surface area contributed by atoms with Crippen LogP contribution in [0.2, 0.25) is 10.0 Å². The number of ether oxygens (including phenoxy) is 1. The van der Waals surface area contributed by atoms with Crippen molar-refractivity contribution in [2.45, 2.75) is 30.4 Å². The molecule has 63 heavy (non-hydrogen) atoms. The van der Waals surface area contributed by atoms with E-state index in [1.807, 2.05) is 24.3 Å². The molecule has 17 heteroatoms. The number of fused-ring (bicyclic) bond motifs is 5. The van der Waals surface area contributed by atoms with E-state index in [2.05, 4.69) is 15.4 Å². The van der Waals surface area contributed by atoms with Gasteiger partial charge in [-0.3, -0.25) is 29.5 Å². The number of nitrogens with zero attached hydrogens (tertiary/aromatic N) is 4. The molecular weight excluding hydrogens is 862 g/mol. The molecule has 10 rings (SSSR count). The minimum absolute atomic E-state index is 0.0936. The molecule has 0 radical (unpaired) electrons. The van der Waals surface area contributed by atoms with Gasteiger partial charge in [0, 0.05) is 28.3 Å². The molecule has 2 aromatic heterocycles. The van der Waals surface area contributed by atoms with Crippen LogP contribution in [-0.4, -0.2) is 50.8 Å². The van der Waals surface area contributed by atoms with Gasteiger partial charge in [-0.05, 0) is 97.1 Å². The number of rotatable bonds is 7. The fraction of sp³-hybridized carbons (Fsp3) is 0.217. The van der Waals surface area contributed by atoms with E-state index in [1.165, 1.54) is 19.2 Å². The summed E-state index contributed by atoms with van der Waals surface area (Å²) in [6.07, 6.45) is -2.46. The number of aromatic nitrogens is 2. The molecule has 1 saturated carbocycles. The predicted molar refractivity (Wildman–Crippen MR) is 223 cm³/mol. The lowest BCUT2D eigenvalue weighted by molar-refractivity contribution is -0.139. The summed E-state index contributed by atoms with van der Waals surface area (Å²) in [7, 11) is 1.43. The Labute approximate surface area is 365 Å². The molecule has 4 aromatic carbocycles. The topological polar surface area (TPSA) is 155 Å². The summed E-state index contributed by atoms with van der Waals surface area (Å²) in [5.74, 6) is -7.62. The average molecular weight is 895 g/mol. The van der Waals surface area contributed by atoms with Gasteiger partial charge in [0.25, 0.3) is 11.8 Å². The van der Waals surface area contributed by atoms with Crippen molar-refractivity contribution in [2.24, 2.45) is 23.7 Å². The average Bonchev–Trinajstić information content (AvgIpc) is 3.89. The first-order valence-electron chi connectivity index (χ1n) is 19.7. The number of phenols is 1. The third-order valence-electron chi connectivity index (χ3n) is 12.8. The van der Waals surface area contributed by atoms with Crippen molar-refractivity contribution >= 4 is 69.4 Å². The normalized spacial score (nSPS) is 24.3. The number of hydrazine groups is 1. The number of hydrogen-bond acceptors (Lipinski definition) is 10. The monoisotopic (exact) mass is 893 g/mol. The van der Waals surface area contributed by atoms with Crippen molar-refractivity contribution in [3.63, 3.8) is 0 Å². The Morgan fingerprint density at radius 2 is 1.65 bits per heavy atom. The highest BCUT2D eigenvalue weighted by atomic mass is 35.5. The number of methoxy groups -OCH3 is 1. The number of benzene rings is 4. The number of imide groups is 2. The zero-order valence-corrected chi connectivity index (χ0v) is 34.3. The van der Waals surface area contributed by atoms with Gasteiger partial charge in [-0.15, -0.1) is 0 Å². The standard InChI is InChI=1S/C46H32Cl2F3N5O7/c1-62-27-14-17-35(57)31(19-27)38-28-15-16-29-37(43(60)55(41(29)58)26-12-6-22(7-13-26)40-53-34-4-2-3-5-36(34)63-40)30(28)20-32-42(59)56(44(61)45(32,38)23-8-10-25(47)11-9-23)54-39-33(48)18-24(21-52-39)46(49,50)51/h2-15,17-19,21,29-30,32,37-38,57H,16,20H2,1H3,(H,52,54). The molecule has 2 aliphatic carbocycles. The zero-order chi connectivity index (χ0) is 44.1. The number of alkyl halides is 3. The van der Waals surface area contributed by atoms with E-state index >= 15 is 9.59 Å². The summed E-state index contributed by atoms with van der Waals surface area (Å²) in [5, 5.41) is 12.2. The minimum atomic E-state index is -4.78. The molecule has 3 fully saturated rings. The van der Waals surface area contributed by atoms with Gasteiger partial charge in [0.15, 0.2) is 11.4 Å². The molecule has 2 saturated heterocycles. The second-order valence-electron chi connectivity index (χ2n) is 15.9. The summed E-state index contributed by atoms with van der Waals surface area (Å²) < 4.78 is 52.2. The van der Waals surface area contributed by atoms with Gasteiger partial charge in [0.2, 0.25) is 17.7 Å². The Morgan fingerprint density at radius 1 is 0.905 bits per heavy atom. The van der Waals surface area contributed by atoms with Gasteiger partial charge in [-0.25, -0.2) is 9.97 Å². The highest BCUT2D eigenvalue weighted by Crippen LogP contribution is 2.65. The van der Waals surface area contributed by atoms with E-state index in [0.29, 0.717) is 67.4 Å². The number of amides is 4. The number of anilines is 2. The number of nitrogens with one attached hydrogen (secondary N) is 1. The van der Waals surface area contributed by atoms with Crippen molar-refractivity contribution in [1.82, 2.24) is 15.0 Å². The Morgan fingerprint density at radius 3 is 2.35 bits per heavy atom. The maximum Gasteiger partial charge on any atom is 0.417 e. The molecule has 0 bridgehead atoms. The van der Waals surface area contributed by atoms with Gasteiger partial charge in [-0.2, -0.15) is 18.2 Å². The molecule has 6 atom stereocenters. The number of carbonyl (C=O) groups is 4. The Hall–Kier alpha value is -6.71. The van der Waals surface area contributed by atoms with E-state index in [9.17, 15) is 27.9 Å². The van der Waals surface area contributed by atoms with E-state index in [4.69, 9.17) is 32.4 Å². The third-order valence-corrected chi connectivity index (χ3v) is 13.3. The van der Waals surface area contributed by atoms with E-state index in [-0.39, 0.29) is 24.2 Å². The predicted octanol–water partition coefficient (Wildman–Crippen LogP) is 9.12. The van der Waals surface area contributed by atoms with Crippen molar-refractivity contribution < 1.29 is 46.6 Å². The van der Waals surface area contributed by atoms with Crippen LogP contribution >= 0.6 is 23.2 Å². The van der Waals surface area contributed by atoms with Crippen molar-refractivity contribution in [2.75, 3.05) is 17.4 Å². The van der Waals surface area contributed by atoms with Crippen molar-refractivity contribution in [1.29, 1.82) is 0 Å². The number of pyridine rings is 1. The summed E-state index contributed by atoms with van der Waals surface area (Å²) in [6.45, 7) is 0. The Balaban J connectivity index is 1.09. The molecule has 2 N–H and O–H groups in total. The lowest BCUT2D eigenvalue weighted by Crippen LogP contribution is -2.53. The number of allylic oxidation sites excluding steroid dienone is 2. The molecule has 318 valence electrons. The van der Waals surface area contributed by atoms with Crippen LogP contribution in [0.3, 0.4) is 0 Å². The molecule has 12 nitrogen and oxygen atoms in total. The van der Waals surface area contributed by atoms with Crippen molar-refractivity contribution in [3.05, 3.63) is 142 Å².